The van der Waals surface area contributed by atoms with Crippen LogP contribution in [-0.2, 0) is 0 Å². The van der Waals surface area contributed by atoms with Gasteiger partial charge in [-0.05, 0) is 47.9 Å². The number of carbonyl (C=O) groups excluding carboxylic acids is 1. The summed E-state index contributed by atoms with van der Waals surface area (Å²) in [5, 5.41) is 0. The SMILES string of the molecule is CSc1cc(C(=O)C(C)Br)ccc1I. The maximum Gasteiger partial charge on any atom is 0.176 e. The summed E-state index contributed by atoms with van der Waals surface area (Å²) in [7, 11) is 0. The van der Waals surface area contributed by atoms with Crippen LogP contribution in [0.5, 0.6) is 0 Å². The Balaban J connectivity index is 3.06. The predicted octanol–water partition coefficient (Wildman–Crippen LogP) is 3.98. The summed E-state index contributed by atoms with van der Waals surface area (Å²) >= 11 is 7.22. The number of rotatable bonds is 3. The molecule has 76 valence electrons. The van der Waals surface area contributed by atoms with Gasteiger partial charge in [-0.1, -0.05) is 22.0 Å². The number of halogens is 2. The van der Waals surface area contributed by atoms with Crippen molar-refractivity contribution in [1.29, 1.82) is 0 Å². The van der Waals surface area contributed by atoms with Gasteiger partial charge in [0.15, 0.2) is 5.78 Å². The molecule has 1 aromatic rings. The van der Waals surface area contributed by atoms with Gasteiger partial charge in [0, 0.05) is 14.0 Å². The minimum absolute atomic E-state index is 0.114. The average Bonchev–Trinajstić information content (AvgIpc) is 2.17. The smallest absolute Gasteiger partial charge is 0.176 e. The lowest BCUT2D eigenvalue weighted by molar-refractivity contribution is 0.0995. The van der Waals surface area contributed by atoms with Crippen LogP contribution in [0.15, 0.2) is 23.1 Å². The van der Waals surface area contributed by atoms with Gasteiger partial charge in [0.05, 0.1) is 4.83 Å². The molecule has 0 N–H and O–H groups in total. The third kappa shape index (κ3) is 2.97. The van der Waals surface area contributed by atoms with E-state index in [1.165, 1.54) is 3.57 Å². The van der Waals surface area contributed by atoms with Crippen LogP contribution in [0.2, 0.25) is 0 Å². The van der Waals surface area contributed by atoms with Crippen LogP contribution in [-0.4, -0.2) is 16.9 Å². The fourth-order valence-electron chi connectivity index (χ4n) is 1.04. The summed E-state index contributed by atoms with van der Waals surface area (Å²) in [6, 6.07) is 5.81. The van der Waals surface area contributed by atoms with Crippen LogP contribution in [0.4, 0.5) is 0 Å². The van der Waals surface area contributed by atoms with Gasteiger partial charge < -0.3 is 0 Å². The van der Waals surface area contributed by atoms with E-state index >= 15 is 0 Å². The minimum atomic E-state index is -0.114. The summed E-state index contributed by atoms with van der Waals surface area (Å²) in [5.74, 6) is 0.136. The normalized spacial score (nSPS) is 12.6. The van der Waals surface area contributed by atoms with Gasteiger partial charge in [-0.15, -0.1) is 11.8 Å². The molecular formula is C10H10BrIOS. The van der Waals surface area contributed by atoms with Gasteiger partial charge in [-0.25, -0.2) is 0 Å². The van der Waals surface area contributed by atoms with Crippen molar-refractivity contribution < 1.29 is 4.79 Å². The van der Waals surface area contributed by atoms with Crippen molar-refractivity contribution in [3.63, 3.8) is 0 Å². The van der Waals surface area contributed by atoms with Gasteiger partial charge in [-0.2, -0.15) is 0 Å². The molecule has 0 saturated carbocycles. The van der Waals surface area contributed by atoms with Gasteiger partial charge in [-0.3, -0.25) is 4.79 Å². The van der Waals surface area contributed by atoms with Crippen LogP contribution >= 0.6 is 50.3 Å². The molecule has 0 radical (unpaired) electrons. The molecule has 1 nitrogen and oxygen atoms in total. The Hall–Kier alpha value is 0.450. The number of hydrogen-bond acceptors (Lipinski definition) is 2. The average molecular weight is 385 g/mol. The fourth-order valence-corrected chi connectivity index (χ4v) is 2.81. The van der Waals surface area contributed by atoms with Crippen LogP contribution in [0.1, 0.15) is 17.3 Å². The van der Waals surface area contributed by atoms with Gasteiger partial charge in [0.1, 0.15) is 0 Å². The standard InChI is InChI=1S/C10H10BrIOS/c1-6(11)10(13)7-3-4-8(12)9(5-7)14-2/h3-6H,1-2H3. The van der Waals surface area contributed by atoms with E-state index in [0.29, 0.717) is 0 Å². The Morgan fingerprint density at radius 3 is 2.71 bits per heavy atom. The van der Waals surface area contributed by atoms with E-state index < -0.39 is 0 Å². The maximum absolute atomic E-state index is 11.7. The lowest BCUT2D eigenvalue weighted by Crippen LogP contribution is -2.09. The first kappa shape index (κ1) is 12.5. The van der Waals surface area contributed by atoms with Crippen molar-refractivity contribution >= 4 is 56.1 Å². The number of Topliss-reactive ketones (excluding diaryl/α,β-unsaturated/α-hetero) is 1. The third-order valence-corrected chi connectivity index (χ3v) is 4.30. The van der Waals surface area contributed by atoms with Crippen LogP contribution in [0.25, 0.3) is 0 Å². The largest absolute Gasteiger partial charge is 0.293 e. The van der Waals surface area contributed by atoms with Crippen molar-refractivity contribution in [2.45, 2.75) is 16.6 Å². The third-order valence-electron chi connectivity index (χ3n) is 1.80. The summed E-state index contributed by atoms with van der Waals surface area (Å²) < 4.78 is 1.19. The van der Waals surface area contributed by atoms with Gasteiger partial charge in [0.2, 0.25) is 0 Å². The first-order valence-corrected chi connectivity index (χ1v) is 7.30. The van der Waals surface area contributed by atoms with Crippen LogP contribution in [0.3, 0.4) is 0 Å². The van der Waals surface area contributed by atoms with E-state index in [0.717, 1.165) is 10.5 Å². The molecule has 0 aliphatic rings. The lowest BCUT2D eigenvalue weighted by atomic mass is 10.1. The van der Waals surface area contributed by atoms with Crippen molar-refractivity contribution in [3.8, 4) is 0 Å². The van der Waals surface area contributed by atoms with Gasteiger partial charge >= 0.3 is 0 Å². The number of alkyl halides is 1. The number of thioether (sulfide) groups is 1. The molecule has 0 saturated heterocycles. The lowest BCUT2D eigenvalue weighted by Gasteiger charge is -2.06. The Kier molecular flexibility index (Phi) is 4.93. The van der Waals surface area contributed by atoms with Crippen molar-refractivity contribution in [2.75, 3.05) is 6.26 Å². The highest BCUT2D eigenvalue weighted by Crippen LogP contribution is 2.24. The van der Waals surface area contributed by atoms with E-state index in [-0.39, 0.29) is 10.6 Å². The molecule has 0 amide bonds. The minimum Gasteiger partial charge on any atom is -0.293 e. The molecular weight excluding hydrogens is 375 g/mol. The second-order valence-corrected chi connectivity index (χ2v) is 6.21. The number of benzene rings is 1. The quantitative estimate of drug-likeness (QED) is 0.339. The summed E-state index contributed by atoms with van der Waals surface area (Å²) in [4.78, 5) is 12.7. The van der Waals surface area contributed by atoms with E-state index in [2.05, 4.69) is 38.5 Å². The highest BCUT2D eigenvalue weighted by atomic mass is 127. The molecule has 0 bridgehead atoms. The van der Waals surface area contributed by atoms with E-state index in [4.69, 9.17) is 0 Å². The second-order valence-electron chi connectivity index (χ2n) is 2.83. The first-order valence-electron chi connectivity index (χ1n) is 4.08. The molecule has 0 heterocycles. The number of ketones is 1. The molecule has 4 heteroatoms. The van der Waals surface area contributed by atoms with Crippen molar-refractivity contribution in [1.82, 2.24) is 0 Å². The van der Waals surface area contributed by atoms with Crippen molar-refractivity contribution in [3.05, 3.63) is 27.3 Å². The Morgan fingerprint density at radius 2 is 2.21 bits per heavy atom. The molecule has 0 aliphatic heterocycles. The molecule has 1 unspecified atom stereocenters. The highest BCUT2D eigenvalue weighted by molar-refractivity contribution is 14.1. The summed E-state index contributed by atoms with van der Waals surface area (Å²) in [6.07, 6.45) is 2.02. The first-order chi connectivity index (χ1) is 6.56. The molecule has 0 aliphatic carbocycles. The summed E-state index contributed by atoms with van der Waals surface area (Å²) in [5.41, 5.74) is 0.777. The molecule has 14 heavy (non-hydrogen) atoms. The zero-order valence-electron chi connectivity index (χ0n) is 7.88. The Morgan fingerprint density at radius 1 is 1.57 bits per heavy atom. The molecule has 1 atom stereocenters. The predicted molar refractivity (Wildman–Crippen MR) is 73.7 cm³/mol. The molecule has 0 aromatic heterocycles. The Bertz CT molecular complexity index is 352. The van der Waals surface area contributed by atoms with E-state index in [1.807, 2.05) is 31.4 Å². The van der Waals surface area contributed by atoms with E-state index in [9.17, 15) is 4.79 Å². The van der Waals surface area contributed by atoms with Crippen molar-refractivity contribution in [2.24, 2.45) is 0 Å². The highest BCUT2D eigenvalue weighted by Gasteiger charge is 2.12. The zero-order valence-corrected chi connectivity index (χ0v) is 12.4. The molecule has 1 aromatic carbocycles. The number of hydrogen-bond donors (Lipinski definition) is 0. The maximum atomic E-state index is 11.7. The van der Waals surface area contributed by atoms with E-state index in [1.54, 1.807) is 11.8 Å². The topological polar surface area (TPSA) is 17.1 Å². The second kappa shape index (κ2) is 5.51. The molecule has 1 rings (SSSR count). The molecule has 0 spiro atoms. The van der Waals surface area contributed by atoms with Gasteiger partial charge in [0.25, 0.3) is 0 Å². The zero-order chi connectivity index (χ0) is 10.7. The monoisotopic (exact) mass is 384 g/mol. The van der Waals surface area contributed by atoms with Crippen LogP contribution in [0, 0.1) is 3.57 Å². The summed E-state index contributed by atoms with van der Waals surface area (Å²) in [6.45, 7) is 1.85. The molecule has 0 fully saturated rings. The Labute approximate surface area is 110 Å². The fraction of sp³-hybridized carbons (Fsp3) is 0.300. The number of carbonyl (C=O) groups is 1. The van der Waals surface area contributed by atoms with Crippen LogP contribution < -0.4 is 0 Å².